The fourth-order valence-electron chi connectivity index (χ4n) is 4.32. The van der Waals surface area contributed by atoms with Gasteiger partial charge >= 0.3 is 5.97 Å². The minimum absolute atomic E-state index is 0.00446. The van der Waals surface area contributed by atoms with Gasteiger partial charge in [0.2, 0.25) is 17.4 Å². The molecule has 2 saturated heterocycles. The number of benzene rings is 2. The summed E-state index contributed by atoms with van der Waals surface area (Å²) in [7, 11) is 0. The van der Waals surface area contributed by atoms with Gasteiger partial charge in [-0.05, 0) is 11.1 Å². The highest BCUT2D eigenvalue weighted by molar-refractivity contribution is 9.09. The topological polar surface area (TPSA) is 125 Å². The van der Waals surface area contributed by atoms with Gasteiger partial charge in [0.1, 0.15) is 16.8 Å². The van der Waals surface area contributed by atoms with Gasteiger partial charge in [-0.1, -0.05) is 99.4 Å². The molecule has 2 N–H and O–H groups in total. The fraction of sp³-hybridized carbons (Fsp3) is 0.269. The van der Waals surface area contributed by atoms with E-state index < -0.39 is 52.2 Å². The number of amides is 2. The summed E-state index contributed by atoms with van der Waals surface area (Å²) in [4.78, 5) is 52.3. The Kier molecular flexibility index (Phi) is 8.91. The van der Waals surface area contributed by atoms with Crippen LogP contribution in [0, 0.1) is 5.41 Å². The first-order valence-electron chi connectivity index (χ1n) is 11.5. The van der Waals surface area contributed by atoms with E-state index in [0.717, 1.165) is 11.1 Å². The molecule has 198 valence electrons. The van der Waals surface area contributed by atoms with E-state index in [1.54, 1.807) is 0 Å². The van der Waals surface area contributed by atoms with Crippen molar-refractivity contribution in [2.24, 2.45) is 10.6 Å². The largest absolute Gasteiger partial charge is 0.452 e. The Morgan fingerprint density at radius 1 is 1.18 bits per heavy atom. The zero-order valence-electron chi connectivity index (χ0n) is 19.8. The minimum Gasteiger partial charge on any atom is -0.452 e. The number of oxime groups is 1. The molecule has 2 heterocycles. The first-order valence-corrected chi connectivity index (χ1v) is 14.1. The van der Waals surface area contributed by atoms with Crippen molar-refractivity contribution in [1.29, 1.82) is 0 Å². The van der Waals surface area contributed by atoms with Crippen LogP contribution in [0.1, 0.15) is 17.2 Å². The molecule has 3 atom stereocenters. The number of ketones is 1. The maximum Gasteiger partial charge on any atom is 0.319 e. The van der Waals surface area contributed by atoms with Crippen molar-refractivity contribution in [3.8, 4) is 0 Å². The van der Waals surface area contributed by atoms with Crippen LogP contribution in [0.2, 0.25) is 0 Å². The van der Waals surface area contributed by atoms with Crippen LogP contribution in [-0.2, 0) is 23.9 Å². The molecule has 2 aliphatic rings. The van der Waals surface area contributed by atoms with Gasteiger partial charge in [-0.3, -0.25) is 19.2 Å². The molecule has 0 saturated carbocycles. The number of alkyl halides is 1. The molecule has 2 amide bonds. The second-order valence-electron chi connectivity index (χ2n) is 8.68. The van der Waals surface area contributed by atoms with Crippen LogP contribution < -0.4 is 5.32 Å². The maximum atomic E-state index is 13.7. The number of rotatable bonds is 9. The molecule has 0 bridgehead atoms. The highest BCUT2D eigenvalue weighted by Gasteiger charge is 2.57. The Balaban J connectivity index is 1.52. The number of thioether (sulfide) groups is 1. The molecule has 38 heavy (non-hydrogen) atoms. The lowest BCUT2D eigenvalue weighted by Gasteiger charge is -2.53. The zero-order chi connectivity index (χ0) is 27.3. The molecule has 2 unspecified atom stereocenters. The maximum absolute atomic E-state index is 13.7. The first kappa shape index (κ1) is 27.9. The van der Waals surface area contributed by atoms with Crippen LogP contribution in [-0.4, -0.2) is 68.4 Å². The lowest BCUT2D eigenvalue weighted by Crippen LogP contribution is -2.74. The van der Waals surface area contributed by atoms with Gasteiger partial charge in [0.15, 0.2) is 6.10 Å². The Hall–Kier alpha value is -3.15. The first-order chi connectivity index (χ1) is 18.3. The van der Waals surface area contributed by atoms with Crippen LogP contribution in [0.25, 0.3) is 0 Å². The number of carbonyl (C=O) groups is 4. The number of nitrogens with zero attached hydrogens (tertiary/aromatic N) is 2. The zero-order valence-corrected chi connectivity index (χ0v) is 23.0. The average Bonchev–Trinajstić information content (AvgIpc) is 2.95. The Morgan fingerprint density at radius 3 is 2.32 bits per heavy atom. The number of fused-ring (bicyclic) bond motifs is 1. The molecule has 2 aliphatic heterocycles. The van der Waals surface area contributed by atoms with E-state index in [4.69, 9.17) is 21.5 Å². The van der Waals surface area contributed by atoms with Crippen molar-refractivity contribution in [3.63, 3.8) is 0 Å². The summed E-state index contributed by atoms with van der Waals surface area (Å²) in [6, 6.07) is 17.7. The Morgan fingerprint density at radius 2 is 1.79 bits per heavy atom. The molecule has 2 aromatic rings. The van der Waals surface area contributed by atoms with E-state index in [9.17, 15) is 19.2 Å². The van der Waals surface area contributed by atoms with Gasteiger partial charge in [-0.2, -0.15) is 0 Å². The molecule has 4 rings (SSSR count). The van der Waals surface area contributed by atoms with E-state index in [2.05, 4.69) is 26.4 Å². The van der Waals surface area contributed by atoms with Crippen LogP contribution in [0.4, 0.5) is 0 Å². The van der Waals surface area contributed by atoms with Gasteiger partial charge in [0, 0.05) is 17.8 Å². The molecule has 2 fully saturated rings. The van der Waals surface area contributed by atoms with Crippen molar-refractivity contribution >= 4 is 68.6 Å². The Bertz CT molecular complexity index is 1240. The monoisotopic (exact) mass is 619 g/mol. The van der Waals surface area contributed by atoms with Crippen molar-refractivity contribution < 1.29 is 29.1 Å². The van der Waals surface area contributed by atoms with Crippen LogP contribution >= 0.6 is 39.3 Å². The smallest absolute Gasteiger partial charge is 0.319 e. The number of hydrogen-bond acceptors (Lipinski definition) is 8. The van der Waals surface area contributed by atoms with E-state index >= 15 is 0 Å². The molecule has 0 aromatic heterocycles. The third-order valence-corrected chi connectivity index (χ3v) is 8.50. The van der Waals surface area contributed by atoms with Crippen molar-refractivity contribution in [2.75, 3.05) is 17.6 Å². The summed E-state index contributed by atoms with van der Waals surface area (Å²) in [5.41, 5.74) is 0.895. The SMILES string of the molecule is O=C(CBr)C(=NO)C(=O)NC1C(=O)N2CC(C=CCl)(C(=O)OC(c3ccccc3)c3ccccc3)CS[C@H]12. The number of carbonyl (C=O) groups excluding carboxylic acids is 4. The highest BCUT2D eigenvalue weighted by atomic mass is 79.9. The van der Waals surface area contributed by atoms with Crippen molar-refractivity contribution in [3.05, 3.63) is 83.4 Å². The van der Waals surface area contributed by atoms with Crippen LogP contribution in [0.3, 0.4) is 0 Å². The summed E-state index contributed by atoms with van der Waals surface area (Å²) in [6.45, 7) is -0.00446. The highest BCUT2D eigenvalue weighted by Crippen LogP contribution is 2.44. The summed E-state index contributed by atoms with van der Waals surface area (Å²) in [5.74, 6) is -2.45. The lowest BCUT2D eigenvalue weighted by atomic mass is 9.87. The molecule has 0 aliphatic carbocycles. The van der Waals surface area contributed by atoms with Crippen LogP contribution in [0.15, 0.2) is 77.4 Å². The number of halogens is 2. The second-order valence-corrected chi connectivity index (χ2v) is 10.6. The molecule has 12 heteroatoms. The van der Waals surface area contributed by atoms with E-state index in [-0.39, 0.29) is 17.6 Å². The van der Waals surface area contributed by atoms with E-state index in [1.165, 1.54) is 28.3 Å². The molecule has 0 radical (unpaired) electrons. The summed E-state index contributed by atoms with van der Waals surface area (Å²) >= 11 is 10.1. The van der Waals surface area contributed by atoms with Gasteiger partial charge in [0.05, 0.1) is 5.33 Å². The summed E-state index contributed by atoms with van der Waals surface area (Å²) < 4.78 is 6.08. The van der Waals surface area contributed by atoms with Crippen LogP contribution in [0.5, 0.6) is 0 Å². The fourth-order valence-corrected chi connectivity index (χ4v) is 6.33. The third-order valence-electron chi connectivity index (χ3n) is 6.31. The van der Waals surface area contributed by atoms with E-state index in [0.29, 0.717) is 0 Å². The number of hydrogen-bond donors (Lipinski definition) is 2. The lowest BCUT2D eigenvalue weighted by molar-refractivity contribution is -0.162. The molecule has 2 aromatic carbocycles. The minimum atomic E-state index is -1.22. The third kappa shape index (κ3) is 5.50. The summed E-state index contributed by atoms with van der Waals surface area (Å²) in [5, 5.41) is 13.6. The van der Waals surface area contributed by atoms with Crippen molar-refractivity contribution in [2.45, 2.75) is 17.5 Å². The number of esters is 1. The predicted molar refractivity (Wildman–Crippen MR) is 146 cm³/mol. The van der Waals surface area contributed by atoms with Gasteiger partial charge in [-0.25, -0.2) is 0 Å². The van der Waals surface area contributed by atoms with Crippen molar-refractivity contribution in [1.82, 2.24) is 10.2 Å². The second kappa shape index (κ2) is 12.1. The molecular weight excluding hydrogens is 598 g/mol. The normalized spacial score (nSPS) is 23.1. The molecule has 9 nitrogen and oxygen atoms in total. The average molecular weight is 621 g/mol. The number of nitrogens with one attached hydrogen (secondary N) is 1. The van der Waals surface area contributed by atoms with Gasteiger partial charge in [0.25, 0.3) is 5.91 Å². The quantitative estimate of drug-likeness (QED) is 0.0839. The summed E-state index contributed by atoms with van der Waals surface area (Å²) in [6.07, 6.45) is 0.855. The predicted octanol–water partition coefficient (Wildman–Crippen LogP) is 3.25. The number of ether oxygens (including phenoxy) is 1. The Labute approximate surface area is 236 Å². The molecule has 0 spiro atoms. The molecular formula is C26H23BrClN3O6S. The van der Waals surface area contributed by atoms with E-state index in [1.807, 2.05) is 60.7 Å². The van der Waals surface area contributed by atoms with Gasteiger partial charge in [-0.15, -0.1) is 11.8 Å². The number of β-lactam (4-membered cyclic amide) rings is 1. The standard InChI is InChI=1S/C26H23BrClN3O6S/c27-13-18(32)19(30-36)22(33)29-20-23(34)31-14-26(11-12-28,15-38-24(20)31)25(35)37-21(16-7-3-1-4-8-16)17-9-5-2-6-10-17/h1-12,20-21,24,36H,13-15H2,(H,29,33)/t20?,24-,26?/m1/s1. The van der Waals surface area contributed by atoms with Gasteiger partial charge < -0.3 is 20.2 Å². The number of Topliss-reactive ketones (excluding diaryl/α,β-unsaturated/α-hetero) is 1.